The first kappa shape index (κ1) is 16.9. The molecule has 3 nitrogen and oxygen atoms in total. The van der Waals surface area contributed by atoms with Crippen LogP contribution in [0.2, 0.25) is 5.02 Å². The van der Waals surface area contributed by atoms with Gasteiger partial charge in [-0.2, -0.15) is 0 Å². The van der Waals surface area contributed by atoms with Crippen molar-refractivity contribution in [1.82, 2.24) is 4.90 Å². The lowest BCUT2D eigenvalue weighted by Crippen LogP contribution is -2.39. The van der Waals surface area contributed by atoms with E-state index in [1.54, 1.807) is 0 Å². The van der Waals surface area contributed by atoms with E-state index in [0.29, 0.717) is 12.0 Å². The van der Waals surface area contributed by atoms with Crippen LogP contribution in [0, 0.1) is 5.92 Å². The first-order chi connectivity index (χ1) is 9.63. The number of nitrogens with zero attached hydrogens (tertiary/aromatic N) is 1. The van der Waals surface area contributed by atoms with Gasteiger partial charge in [-0.05, 0) is 56.5 Å². The number of halogens is 2. The van der Waals surface area contributed by atoms with Crippen LogP contribution in [0.25, 0.3) is 0 Å². The molecule has 1 fully saturated rings. The number of piperidine rings is 1. The highest BCUT2D eigenvalue weighted by molar-refractivity contribution is 6.30. The van der Waals surface area contributed by atoms with E-state index in [1.165, 1.54) is 24.0 Å². The molecule has 0 saturated carbocycles. The number of fused-ring (bicyclic) bond motifs is 1. The Morgan fingerprint density at radius 2 is 2.10 bits per heavy atom. The van der Waals surface area contributed by atoms with Gasteiger partial charge in [-0.3, -0.25) is 4.90 Å². The second kappa shape index (κ2) is 7.19. The highest BCUT2D eigenvalue weighted by atomic mass is 35.5. The predicted molar refractivity (Wildman–Crippen MR) is 89.5 cm³/mol. The summed E-state index contributed by atoms with van der Waals surface area (Å²) in [5, 5.41) is 0.828. The van der Waals surface area contributed by atoms with Crippen molar-refractivity contribution in [3.63, 3.8) is 0 Å². The largest absolute Gasteiger partial charge is 0.493 e. The minimum absolute atomic E-state index is 0. The van der Waals surface area contributed by atoms with Gasteiger partial charge in [0.15, 0.2) is 0 Å². The van der Waals surface area contributed by atoms with E-state index in [2.05, 4.69) is 17.9 Å². The Labute approximate surface area is 138 Å². The van der Waals surface area contributed by atoms with Gasteiger partial charge < -0.3 is 10.5 Å². The summed E-state index contributed by atoms with van der Waals surface area (Å²) >= 11 is 6.22. The first-order valence-electron chi connectivity index (χ1n) is 7.55. The number of ether oxygens (including phenoxy) is 1. The fraction of sp³-hybridized carbons (Fsp3) is 0.625. The lowest BCUT2D eigenvalue weighted by molar-refractivity contribution is 0.164. The molecule has 21 heavy (non-hydrogen) atoms. The third kappa shape index (κ3) is 3.84. The second-order valence-electron chi connectivity index (χ2n) is 6.12. The molecule has 0 bridgehead atoms. The van der Waals surface area contributed by atoms with E-state index in [-0.39, 0.29) is 12.4 Å². The predicted octanol–water partition coefficient (Wildman–Crippen LogP) is 3.26. The number of rotatable bonds is 3. The Morgan fingerprint density at radius 3 is 2.76 bits per heavy atom. The summed E-state index contributed by atoms with van der Waals surface area (Å²) in [6, 6.07) is 4.41. The van der Waals surface area contributed by atoms with Crippen LogP contribution in [-0.2, 0) is 13.0 Å². The standard InChI is InChI=1S/C16H23ClN2O.ClH/c1-11(18)12-2-5-19(6-3-12)10-14-9-15(17)8-13-4-7-20-16(13)14;/h8-9,11-12H,2-7,10,18H2,1H3;1H. The van der Waals surface area contributed by atoms with E-state index in [0.717, 1.165) is 43.4 Å². The molecule has 118 valence electrons. The van der Waals surface area contributed by atoms with Gasteiger partial charge in [-0.1, -0.05) is 11.6 Å². The van der Waals surface area contributed by atoms with Crippen LogP contribution >= 0.6 is 24.0 Å². The Hall–Kier alpha value is -0.480. The van der Waals surface area contributed by atoms with Crippen molar-refractivity contribution in [1.29, 1.82) is 0 Å². The molecule has 1 saturated heterocycles. The van der Waals surface area contributed by atoms with Crippen molar-refractivity contribution in [2.75, 3.05) is 19.7 Å². The molecule has 1 unspecified atom stereocenters. The quantitative estimate of drug-likeness (QED) is 0.924. The van der Waals surface area contributed by atoms with Gasteiger partial charge >= 0.3 is 0 Å². The van der Waals surface area contributed by atoms with Crippen LogP contribution in [0.4, 0.5) is 0 Å². The minimum atomic E-state index is 0. The molecular weight excluding hydrogens is 307 g/mol. The summed E-state index contributed by atoms with van der Waals surface area (Å²) in [6.07, 6.45) is 3.37. The summed E-state index contributed by atoms with van der Waals surface area (Å²) < 4.78 is 5.78. The normalized spacial score (nSPS) is 20.5. The van der Waals surface area contributed by atoms with E-state index < -0.39 is 0 Å². The number of hydrogen-bond donors (Lipinski definition) is 1. The molecule has 0 aromatic heterocycles. The van der Waals surface area contributed by atoms with Gasteiger partial charge in [-0.25, -0.2) is 0 Å². The van der Waals surface area contributed by atoms with E-state index >= 15 is 0 Å². The van der Waals surface area contributed by atoms with Crippen LogP contribution < -0.4 is 10.5 Å². The van der Waals surface area contributed by atoms with Gasteiger partial charge in [-0.15, -0.1) is 12.4 Å². The van der Waals surface area contributed by atoms with Crippen molar-refractivity contribution in [2.24, 2.45) is 11.7 Å². The van der Waals surface area contributed by atoms with Crippen molar-refractivity contribution < 1.29 is 4.74 Å². The summed E-state index contributed by atoms with van der Waals surface area (Å²) in [6.45, 7) is 6.09. The molecule has 3 rings (SSSR count). The van der Waals surface area contributed by atoms with E-state index in [9.17, 15) is 0 Å². The smallest absolute Gasteiger partial charge is 0.127 e. The zero-order valence-corrected chi connectivity index (χ0v) is 14.1. The van der Waals surface area contributed by atoms with Gasteiger partial charge in [0.05, 0.1) is 6.61 Å². The van der Waals surface area contributed by atoms with Gasteiger partial charge in [0.2, 0.25) is 0 Å². The average molecular weight is 331 g/mol. The van der Waals surface area contributed by atoms with Gasteiger partial charge in [0, 0.05) is 29.6 Å². The van der Waals surface area contributed by atoms with E-state index in [4.69, 9.17) is 22.1 Å². The van der Waals surface area contributed by atoms with Crippen molar-refractivity contribution in [2.45, 2.75) is 38.8 Å². The molecule has 1 atom stereocenters. The molecule has 2 heterocycles. The SMILES string of the molecule is CC(N)C1CCN(Cc2cc(Cl)cc3c2OCC3)CC1.Cl. The zero-order chi connectivity index (χ0) is 14.1. The van der Waals surface area contributed by atoms with Gasteiger partial charge in [0.25, 0.3) is 0 Å². The molecule has 2 aliphatic rings. The molecule has 5 heteroatoms. The topological polar surface area (TPSA) is 38.5 Å². The Bertz CT molecular complexity index is 485. The molecule has 0 amide bonds. The number of nitrogens with two attached hydrogens (primary N) is 1. The highest BCUT2D eigenvalue weighted by Gasteiger charge is 2.24. The molecule has 0 aliphatic carbocycles. The molecule has 0 spiro atoms. The molecule has 2 N–H and O–H groups in total. The third-order valence-electron chi connectivity index (χ3n) is 4.60. The fourth-order valence-corrected chi connectivity index (χ4v) is 3.60. The summed E-state index contributed by atoms with van der Waals surface area (Å²) in [7, 11) is 0. The Kier molecular flexibility index (Phi) is 5.78. The fourth-order valence-electron chi connectivity index (χ4n) is 3.34. The maximum absolute atomic E-state index is 6.22. The molecule has 1 aromatic carbocycles. The second-order valence-corrected chi connectivity index (χ2v) is 6.56. The Morgan fingerprint density at radius 1 is 1.38 bits per heavy atom. The lowest BCUT2D eigenvalue weighted by atomic mass is 9.91. The number of benzene rings is 1. The molecule has 0 radical (unpaired) electrons. The average Bonchev–Trinajstić information content (AvgIpc) is 2.87. The summed E-state index contributed by atoms with van der Waals surface area (Å²) in [5.41, 5.74) is 8.50. The monoisotopic (exact) mass is 330 g/mol. The first-order valence-corrected chi connectivity index (χ1v) is 7.93. The minimum Gasteiger partial charge on any atom is -0.493 e. The summed E-state index contributed by atoms with van der Waals surface area (Å²) in [5.74, 6) is 1.75. The van der Waals surface area contributed by atoms with Crippen LogP contribution in [0.3, 0.4) is 0 Å². The molecule has 2 aliphatic heterocycles. The van der Waals surface area contributed by atoms with Crippen molar-refractivity contribution in [3.05, 3.63) is 28.3 Å². The number of hydrogen-bond acceptors (Lipinski definition) is 3. The van der Waals surface area contributed by atoms with Crippen LogP contribution in [0.15, 0.2) is 12.1 Å². The van der Waals surface area contributed by atoms with Crippen molar-refractivity contribution >= 4 is 24.0 Å². The van der Waals surface area contributed by atoms with E-state index in [1.807, 2.05) is 6.07 Å². The maximum Gasteiger partial charge on any atom is 0.127 e. The number of likely N-dealkylation sites (tertiary alicyclic amines) is 1. The molecular formula is C16H24Cl2N2O. The maximum atomic E-state index is 6.22. The van der Waals surface area contributed by atoms with Crippen LogP contribution in [-0.4, -0.2) is 30.6 Å². The highest BCUT2D eigenvalue weighted by Crippen LogP contribution is 2.34. The van der Waals surface area contributed by atoms with Crippen LogP contribution in [0.5, 0.6) is 5.75 Å². The van der Waals surface area contributed by atoms with Crippen LogP contribution in [0.1, 0.15) is 30.9 Å². The van der Waals surface area contributed by atoms with Gasteiger partial charge in [0.1, 0.15) is 5.75 Å². The Balaban J connectivity index is 0.00000161. The third-order valence-corrected chi connectivity index (χ3v) is 4.81. The summed E-state index contributed by atoms with van der Waals surface area (Å²) in [4.78, 5) is 2.49. The lowest BCUT2D eigenvalue weighted by Gasteiger charge is -2.33. The zero-order valence-electron chi connectivity index (χ0n) is 12.5. The molecule has 1 aromatic rings. The van der Waals surface area contributed by atoms with Crippen molar-refractivity contribution in [3.8, 4) is 5.75 Å².